The summed E-state index contributed by atoms with van der Waals surface area (Å²) in [6, 6.07) is 0. The number of hydrogen-bond donors (Lipinski definition) is 0. The van der Waals surface area contributed by atoms with Gasteiger partial charge in [-0.1, -0.05) is 54.4 Å². The van der Waals surface area contributed by atoms with Gasteiger partial charge in [-0.15, -0.1) is 0 Å². The van der Waals surface area contributed by atoms with E-state index in [9.17, 15) is 0 Å². The maximum absolute atomic E-state index is 6.05. The lowest BCUT2D eigenvalue weighted by atomic mass is 9.92. The molecule has 2 aliphatic rings. The molecule has 0 spiro atoms. The van der Waals surface area contributed by atoms with Crippen LogP contribution in [-0.4, -0.2) is 99.5 Å². The molecule has 0 aromatic heterocycles. The van der Waals surface area contributed by atoms with Crippen LogP contribution >= 0.6 is 0 Å². The highest BCUT2D eigenvalue weighted by molar-refractivity contribution is 4.81. The summed E-state index contributed by atoms with van der Waals surface area (Å²) in [6.45, 7) is 27.5. The first-order chi connectivity index (χ1) is 16.3. The maximum atomic E-state index is 6.05. The second-order valence-corrected chi connectivity index (χ2v) is 12.3. The van der Waals surface area contributed by atoms with Crippen molar-refractivity contribution in [2.24, 2.45) is 23.7 Å². The van der Waals surface area contributed by atoms with E-state index in [1.807, 2.05) is 0 Å². The van der Waals surface area contributed by atoms with Crippen molar-refractivity contribution in [3.8, 4) is 0 Å². The number of rotatable bonds is 19. The third kappa shape index (κ3) is 13.8. The van der Waals surface area contributed by atoms with Gasteiger partial charge in [-0.05, 0) is 49.4 Å². The van der Waals surface area contributed by atoms with Crippen LogP contribution in [0.25, 0.3) is 0 Å². The predicted octanol–water partition coefficient (Wildman–Crippen LogP) is 5.25. The predicted molar refractivity (Wildman–Crippen MR) is 146 cm³/mol. The molecule has 2 unspecified atom stereocenters. The van der Waals surface area contributed by atoms with Crippen molar-refractivity contribution in [1.82, 2.24) is 14.7 Å². The number of piperazine rings is 1. The molecule has 34 heavy (non-hydrogen) atoms. The molecule has 0 aromatic rings. The standard InChI is InChI=1S/C29H59N3O2/c1-25(2)21-31-15-13-30(14-16-31)17-20-33-18-7-9-27(5)11-12-28(6)10-8-19-34-29-23-32(24-29)22-26(3)4/h25-29H,7-24H2,1-6H3. The van der Waals surface area contributed by atoms with Gasteiger partial charge in [0.05, 0.1) is 12.7 Å². The number of likely N-dealkylation sites (tertiary alicyclic amines) is 1. The Kier molecular flexibility index (Phi) is 15.3. The largest absolute Gasteiger partial charge is 0.380 e. The summed E-state index contributed by atoms with van der Waals surface area (Å²) in [4.78, 5) is 7.69. The molecular weight excluding hydrogens is 422 g/mol. The van der Waals surface area contributed by atoms with Crippen LogP contribution in [0.3, 0.4) is 0 Å². The van der Waals surface area contributed by atoms with E-state index in [1.165, 1.54) is 77.8 Å². The zero-order valence-corrected chi connectivity index (χ0v) is 23.8. The molecular formula is C29H59N3O2. The van der Waals surface area contributed by atoms with Crippen molar-refractivity contribution >= 4 is 0 Å². The van der Waals surface area contributed by atoms with Crippen molar-refractivity contribution in [3.05, 3.63) is 0 Å². The fraction of sp³-hybridized carbons (Fsp3) is 1.00. The number of nitrogens with zero attached hydrogens (tertiary/aromatic N) is 3. The van der Waals surface area contributed by atoms with Gasteiger partial charge in [0, 0.05) is 72.1 Å². The zero-order valence-electron chi connectivity index (χ0n) is 23.8. The molecule has 2 heterocycles. The van der Waals surface area contributed by atoms with E-state index in [4.69, 9.17) is 9.47 Å². The Morgan fingerprint density at radius 3 is 1.74 bits per heavy atom. The van der Waals surface area contributed by atoms with Gasteiger partial charge >= 0.3 is 0 Å². The highest BCUT2D eigenvalue weighted by Gasteiger charge is 2.27. The lowest BCUT2D eigenvalue weighted by Crippen LogP contribution is -2.53. The Morgan fingerprint density at radius 2 is 1.15 bits per heavy atom. The molecule has 2 aliphatic heterocycles. The molecule has 2 rings (SSSR count). The number of ether oxygens (including phenoxy) is 2. The van der Waals surface area contributed by atoms with Gasteiger partial charge in [-0.3, -0.25) is 9.80 Å². The smallest absolute Gasteiger partial charge is 0.0828 e. The maximum Gasteiger partial charge on any atom is 0.0828 e. The van der Waals surface area contributed by atoms with Crippen molar-refractivity contribution in [2.75, 3.05) is 78.7 Å². The highest BCUT2D eigenvalue weighted by Crippen LogP contribution is 2.20. The summed E-state index contributed by atoms with van der Waals surface area (Å²) in [5.74, 6) is 3.18. The Hall–Kier alpha value is -0.200. The topological polar surface area (TPSA) is 28.2 Å². The first-order valence-corrected chi connectivity index (χ1v) is 14.7. The average molecular weight is 482 g/mol. The molecule has 0 saturated carbocycles. The third-order valence-corrected chi connectivity index (χ3v) is 7.52. The van der Waals surface area contributed by atoms with Crippen LogP contribution in [0.15, 0.2) is 0 Å². The summed E-state index contributed by atoms with van der Waals surface area (Å²) >= 11 is 0. The molecule has 0 aliphatic carbocycles. The second kappa shape index (κ2) is 17.3. The van der Waals surface area contributed by atoms with Gasteiger partial charge in [-0.25, -0.2) is 0 Å². The molecule has 202 valence electrons. The lowest BCUT2D eigenvalue weighted by molar-refractivity contribution is -0.0593. The van der Waals surface area contributed by atoms with E-state index < -0.39 is 0 Å². The average Bonchev–Trinajstić information content (AvgIpc) is 2.76. The SMILES string of the molecule is CC(C)CN1CCN(CCOCCCC(C)CCC(C)CCCOC2CN(CC(C)C)C2)CC1. The Morgan fingerprint density at radius 1 is 0.618 bits per heavy atom. The fourth-order valence-electron chi connectivity index (χ4n) is 5.37. The van der Waals surface area contributed by atoms with Gasteiger partial charge in [0.1, 0.15) is 0 Å². The first kappa shape index (κ1) is 30.0. The van der Waals surface area contributed by atoms with Gasteiger partial charge < -0.3 is 14.4 Å². The Bertz CT molecular complexity index is 488. The monoisotopic (exact) mass is 481 g/mol. The van der Waals surface area contributed by atoms with E-state index in [0.29, 0.717) is 6.10 Å². The van der Waals surface area contributed by atoms with Crippen molar-refractivity contribution in [3.63, 3.8) is 0 Å². The van der Waals surface area contributed by atoms with Gasteiger partial charge in [0.15, 0.2) is 0 Å². The highest BCUT2D eigenvalue weighted by atomic mass is 16.5. The lowest BCUT2D eigenvalue weighted by Gasteiger charge is -2.39. The molecule has 0 N–H and O–H groups in total. The van der Waals surface area contributed by atoms with Crippen LogP contribution in [0.2, 0.25) is 0 Å². The quantitative estimate of drug-likeness (QED) is 0.235. The molecule has 2 saturated heterocycles. The number of hydrogen-bond acceptors (Lipinski definition) is 5. The minimum absolute atomic E-state index is 0.497. The Labute approximate surface area is 212 Å². The van der Waals surface area contributed by atoms with Crippen LogP contribution in [0.5, 0.6) is 0 Å². The van der Waals surface area contributed by atoms with E-state index in [-0.39, 0.29) is 0 Å². The van der Waals surface area contributed by atoms with Crippen LogP contribution in [0.4, 0.5) is 0 Å². The molecule has 5 heteroatoms. The summed E-state index contributed by atoms with van der Waals surface area (Å²) in [6.07, 6.45) is 8.25. The zero-order chi connectivity index (χ0) is 24.8. The van der Waals surface area contributed by atoms with Crippen LogP contribution in [-0.2, 0) is 9.47 Å². The van der Waals surface area contributed by atoms with Crippen molar-refractivity contribution < 1.29 is 9.47 Å². The van der Waals surface area contributed by atoms with Crippen molar-refractivity contribution in [2.45, 2.75) is 86.2 Å². The third-order valence-electron chi connectivity index (χ3n) is 7.52. The van der Waals surface area contributed by atoms with E-state index in [1.54, 1.807) is 0 Å². The van der Waals surface area contributed by atoms with Gasteiger partial charge in [-0.2, -0.15) is 0 Å². The van der Waals surface area contributed by atoms with Crippen LogP contribution < -0.4 is 0 Å². The molecule has 0 radical (unpaired) electrons. The van der Waals surface area contributed by atoms with Crippen LogP contribution in [0, 0.1) is 23.7 Å². The summed E-state index contributed by atoms with van der Waals surface area (Å²) in [7, 11) is 0. The molecule has 0 amide bonds. The van der Waals surface area contributed by atoms with E-state index in [0.717, 1.165) is 63.1 Å². The molecule has 5 nitrogen and oxygen atoms in total. The fourth-order valence-corrected chi connectivity index (χ4v) is 5.37. The molecule has 2 fully saturated rings. The normalized spacial score (nSPS) is 20.8. The van der Waals surface area contributed by atoms with Crippen LogP contribution in [0.1, 0.15) is 80.1 Å². The van der Waals surface area contributed by atoms with E-state index >= 15 is 0 Å². The Balaban J connectivity index is 1.34. The van der Waals surface area contributed by atoms with E-state index in [2.05, 4.69) is 56.2 Å². The molecule has 2 atom stereocenters. The first-order valence-electron chi connectivity index (χ1n) is 14.7. The second-order valence-electron chi connectivity index (χ2n) is 12.3. The summed E-state index contributed by atoms with van der Waals surface area (Å²) in [5.41, 5.74) is 0. The van der Waals surface area contributed by atoms with Gasteiger partial charge in [0.25, 0.3) is 0 Å². The minimum Gasteiger partial charge on any atom is -0.380 e. The summed E-state index contributed by atoms with van der Waals surface area (Å²) in [5, 5.41) is 0. The van der Waals surface area contributed by atoms with Crippen molar-refractivity contribution in [1.29, 1.82) is 0 Å². The summed E-state index contributed by atoms with van der Waals surface area (Å²) < 4.78 is 12.0. The minimum atomic E-state index is 0.497. The molecule has 0 aromatic carbocycles. The van der Waals surface area contributed by atoms with Gasteiger partial charge in [0.2, 0.25) is 0 Å². The molecule has 0 bridgehead atoms.